The second kappa shape index (κ2) is 5.61. The maximum absolute atomic E-state index is 6.57. The molecule has 1 aromatic rings. The van der Waals surface area contributed by atoms with Crippen LogP contribution in [0.1, 0.15) is 36.6 Å². The number of aryl methyl sites for hydroxylation is 2. The molecule has 19 heavy (non-hydrogen) atoms. The Kier molecular flexibility index (Phi) is 4.29. The van der Waals surface area contributed by atoms with Crippen LogP contribution in [0, 0.1) is 13.8 Å². The summed E-state index contributed by atoms with van der Waals surface area (Å²) in [6.07, 6.45) is 0. The summed E-state index contributed by atoms with van der Waals surface area (Å²) in [5.74, 6) is 0. The van der Waals surface area contributed by atoms with E-state index in [1.807, 2.05) is 0 Å². The number of hydrogen-bond acceptors (Lipinski definition) is 3. The second-order valence-corrected chi connectivity index (χ2v) is 6.09. The van der Waals surface area contributed by atoms with Crippen molar-refractivity contribution < 1.29 is 4.74 Å². The van der Waals surface area contributed by atoms with Gasteiger partial charge in [0.2, 0.25) is 0 Å². The Morgan fingerprint density at radius 2 is 1.84 bits per heavy atom. The summed E-state index contributed by atoms with van der Waals surface area (Å²) in [6, 6.07) is 6.56. The maximum Gasteiger partial charge on any atom is 0.0594 e. The maximum atomic E-state index is 6.57. The van der Waals surface area contributed by atoms with Crippen molar-refractivity contribution in [2.24, 2.45) is 5.73 Å². The Morgan fingerprint density at radius 1 is 1.21 bits per heavy atom. The number of nitrogens with two attached hydrogens (primary N) is 1. The quantitative estimate of drug-likeness (QED) is 0.909. The van der Waals surface area contributed by atoms with Crippen LogP contribution in [0.4, 0.5) is 0 Å². The molecule has 1 aliphatic rings. The highest BCUT2D eigenvalue weighted by Crippen LogP contribution is 2.31. The Bertz CT molecular complexity index is 436. The topological polar surface area (TPSA) is 38.5 Å². The minimum absolute atomic E-state index is 0.0196. The molecule has 3 nitrogen and oxygen atoms in total. The van der Waals surface area contributed by atoms with E-state index in [4.69, 9.17) is 10.5 Å². The normalized spacial score (nSPS) is 19.4. The highest BCUT2D eigenvalue weighted by atomic mass is 16.5. The Balaban J connectivity index is 2.23. The third kappa shape index (κ3) is 2.99. The smallest absolute Gasteiger partial charge is 0.0594 e. The van der Waals surface area contributed by atoms with Crippen LogP contribution >= 0.6 is 0 Å². The molecule has 0 aromatic heterocycles. The van der Waals surface area contributed by atoms with Gasteiger partial charge in [0.15, 0.2) is 0 Å². The lowest BCUT2D eigenvalue weighted by molar-refractivity contribution is -0.0191. The van der Waals surface area contributed by atoms with Gasteiger partial charge in [-0.1, -0.05) is 23.8 Å². The monoisotopic (exact) mass is 262 g/mol. The molecule has 1 heterocycles. The first-order valence-corrected chi connectivity index (χ1v) is 7.08. The first-order chi connectivity index (χ1) is 8.93. The molecule has 1 fully saturated rings. The van der Waals surface area contributed by atoms with Crippen LogP contribution in [0.2, 0.25) is 0 Å². The van der Waals surface area contributed by atoms with Gasteiger partial charge in [0.1, 0.15) is 0 Å². The molecule has 2 N–H and O–H groups in total. The highest BCUT2D eigenvalue weighted by Gasteiger charge is 2.35. The van der Waals surface area contributed by atoms with Gasteiger partial charge in [-0.25, -0.2) is 0 Å². The molecule has 0 bridgehead atoms. The van der Waals surface area contributed by atoms with Gasteiger partial charge >= 0.3 is 0 Å². The molecule has 0 saturated carbocycles. The molecular formula is C16H26N2O. The molecule has 0 radical (unpaired) electrons. The van der Waals surface area contributed by atoms with Crippen molar-refractivity contribution in [3.8, 4) is 0 Å². The van der Waals surface area contributed by atoms with E-state index in [1.54, 1.807) is 0 Å². The molecular weight excluding hydrogens is 236 g/mol. The summed E-state index contributed by atoms with van der Waals surface area (Å²) < 4.78 is 5.44. The van der Waals surface area contributed by atoms with Gasteiger partial charge in [-0.3, -0.25) is 4.90 Å². The standard InChI is InChI=1S/C16H26N2O/c1-12-5-6-14(13(2)11-12)15(17)16(3,4)18-7-9-19-10-8-18/h5-6,11,15H,7-10,17H2,1-4H3. The highest BCUT2D eigenvalue weighted by molar-refractivity contribution is 5.34. The van der Waals surface area contributed by atoms with Crippen molar-refractivity contribution in [1.29, 1.82) is 0 Å². The zero-order valence-electron chi connectivity index (χ0n) is 12.6. The van der Waals surface area contributed by atoms with E-state index < -0.39 is 0 Å². The Hall–Kier alpha value is -0.900. The average Bonchev–Trinajstić information content (AvgIpc) is 2.39. The molecule has 1 aromatic carbocycles. The summed E-state index contributed by atoms with van der Waals surface area (Å²) in [5.41, 5.74) is 10.3. The third-order valence-corrected chi connectivity index (χ3v) is 4.35. The van der Waals surface area contributed by atoms with Crippen LogP contribution in [-0.2, 0) is 4.74 Å². The van der Waals surface area contributed by atoms with Crippen LogP contribution < -0.4 is 5.73 Å². The van der Waals surface area contributed by atoms with Crippen molar-refractivity contribution in [2.45, 2.75) is 39.3 Å². The fraction of sp³-hybridized carbons (Fsp3) is 0.625. The van der Waals surface area contributed by atoms with Crippen LogP contribution in [-0.4, -0.2) is 36.7 Å². The SMILES string of the molecule is Cc1ccc(C(N)C(C)(C)N2CCOCC2)c(C)c1. The van der Waals surface area contributed by atoms with Gasteiger partial charge in [0, 0.05) is 24.7 Å². The lowest BCUT2D eigenvalue weighted by Crippen LogP contribution is -2.55. The molecule has 1 atom stereocenters. The van der Waals surface area contributed by atoms with Crippen molar-refractivity contribution in [1.82, 2.24) is 4.90 Å². The van der Waals surface area contributed by atoms with Gasteiger partial charge in [-0.2, -0.15) is 0 Å². The van der Waals surface area contributed by atoms with E-state index in [2.05, 4.69) is 50.8 Å². The van der Waals surface area contributed by atoms with Gasteiger partial charge in [-0.05, 0) is 38.8 Å². The minimum Gasteiger partial charge on any atom is -0.379 e. The number of hydrogen-bond donors (Lipinski definition) is 1. The molecule has 0 spiro atoms. The molecule has 0 amide bonds. The van der Waals surface area contributed by atoms with Crippen molar-refractivity contribution in [3.05, 3.63) is 34.9 Å². The number of rotatable bonds is 3. The summed E-state index contributed by atoms with van der Waals surface area (Å²) >= 11 is 0. The number of ether oxygens (including phenoxy) is 1. The van der Waals surface area contributed by atoms with Crippen molar-refractivity contribution in [2.75, 3.05) is 26.3 Å². The summed E-state index contributed by atoms with van der Waals surface area (Å²) in [6.45, 7) is 12.3. The number of morpholine rings is 1. The molecule has 0 aliphatic carbocycles. The first kappa shape index (κ1) is 14.5. The predicted octanol–water partition coefficient (Wildman–Crippen LogP) is 2.41. The van der Waals surface area contributed by atoms with Gasteiger partial charge < -0.3 is 10.5 Å². The molecule has 1 unspecified atom stereocenters. The van der Waals surface area contributed by atoms with E-state index in [1.165, 1.54) is 16.7 Å². The number of nitrogens with zero attached hydrogens (tertiary/aromatic N) is 1. The van der Waals surface area contributed by atoms with E-state index in [9.17, 15) is 0 Å². The van der Waals surface area contributed by atoms with E-state index in [0.717, 1.165) is 26.3 Å². The Morgan fingerprint density at radius 3 is 2.42 bits per heavy atom. The van der Waals surface area contributed by atoms with Crippen molar-refractivity contribution >= 4 is 0 Å². The lowest BCUT2D eigenvalue weighted by Gasteiger charge is -2.45. The third-order valence-electron chi connectivity index (χ3n) is 4.35. The van der Waals surface area contributed by atoms with E-state index >= 15 is 0 Å². The molecule has 2 rings (SSSR count). The summed E-state index contributed by atoms with van der Waals surface area (Å²) in [5, 5.41) is 0. The largest absolute Gasteiger partial charge is 0.379 e. The zero-order chi connectivity index (χ0) is 14.0. The molecule has 106 valence electrons. The fourth-order valence-electron chi connectivity index (χ4n) is 2.89. The number of benzene rings is 1. The van der Waals surface area contributed by atoms with Crippen LogP contribution in [0.15, 0.2) is 18.2 Å². The summed E-state index contributed by atoms with van der Waals surface area (Å²) in [4.78, 5) is 2.44. The van der Waals surface area contributed by atoms with Gasteiger partial charge in [-0.15, -0.1) is 0 Å². The molecule has 1 aliphatic heterocycles. The van der Waals surface area contributed by atoms with E-state index in [-0.39, 0.29) is 11.6 Å². The second-order valence-electron chi connectivity index (χ2n) is 6.09. The van der Waals surface area contributed by atoms with Gasteiger partial charge in [0.25, 0.3) is 0 Å². The fourth-order valence-corrected chi connectivity index (χ4v) is 2.89. The Labute approximate surface area is 116 Å². The van der Waals surface area contributed by atoms with Gasteiger partial charge in [0.05, 0.1) is 13.2 Å². The molecule has 1 saturated heterocycles. The summed E-state index contributed by atoms with van der Waals surface area (Å²) in [7, 11) is 0. The van der Waals surface area contributed by atoms with Crippen LogP contribution in [0.3, 0.4) is 0 Å². The van der Waals surface area contributed by atoms with Crippen molar-refractivity contribution in [3.63, 3.8) is 0 Å². The van der Waals surface area contributed by atoms with Crippen LogP contribution in [0.25, 0.3) is 0 Å². The minimum atomic E-state index is -0.0518. The predicted molar refractivity (Wildman–Crippen MR) is 79.3 cm³/mol. The van der Waals surface area contributed by atoms with Crippen LogP contribution in [0.5, 0.6) is 0 Å². The zero-order valence-corrected chi connectivity index (χ0v) is 12.6. The average molecular weight is 262 g/mol. The lowest BCUT2D eigenvalue weighted by atomic mass is 9.85. The first-order valence-electron chi connectivity index (χ1n) is 7.08. The molecule has 3 heteroatoms. The van der Waals surface area contributed by atoms with E-state index in [0.29, 0.717) is 0 Å².